The Morgan fingerprint density at radius 3 is 2.38 bits per heavy atom. The average Bonchev–Trinajstić information content (AvgIpc) is 2.03. The van der Waals surface area contributed by atoms with Crippen LogP contribution in [0.2, 0.25) is 0 Å². The Bertz CT molecular complexity index is 332. The van der Waals surface area contributed by atoms with Crippen LogP contribution in [0.15, 0.2) is 24.3 Å². The van der Waals surface area contributed by atoms with E-state index in [1.54, 1.807) is 0 Å². The summed E-state index contributed by atoms with van der Waals surface area (Å²) in [4.78, 5) is 10.8. The molecule has 0 aromatic heterocycles. The van der Waals surface area contributed by atoms with E-state index in [2.05, 4.69) is 0 Å². The number of ketones is 1. The molecule has 0 saturated carbocycles. The van der Waals surface area contributed by atoms with Crippen LogP contribution in [0.25, 0.3) is 0 Å². The third-order valence-corrected chi connectivity index (χ3v) is 1.67. The van der Waals surface area contributed by atoms with E-state index < -0.39 is 12.4 Å². The van der Waals surface area contributed by atoms with Crippen molar-refractivity contribution in [2.75, 3.05) is 0 Å². The van der Waals surface area contributed by atoms with Gasteiger partial charge in [0.1, 0.15) is 0 Å². The molecule has 5 heteroatoms. The van der Waals surface area contributed by atoms with Crippen LogP contribution in [-0.4, -0.2) is 12.8 Å². The van der Waals surface area contributed by atoms with Gasteiger partial charge in [0.15, 0.2) is 5.78 Å². The summed E-state index contributed by atoms with van der Waals surface area (Å²) in [6.07, 6.45) is 0. The fourth-order valence-corrected chi connectivity index (χ4v) is 0.961. The van der Waals surface area contributed by atoms with Crippen LogP contribution in [0, 0.1) is 0 Å². The van der Waals surface area contributed by atoms with Crippen LogP contribution < -0.4 is 5.46 Å². The number of hydrogen-bond donors (Lipinski definition) is 0. The molecule has 0 heterocycles. The highest BCUT2D eigenvalue weighted by Crippen LogP contribution is 2.10. The normalized spacial score (nSPS) is 11.4. The predicted octanol–water partition coefficient (Wildman–Crippen LogP) is 1.94. The van der Waals surface area contributed by atoms with E-state index in [0.29, 0.717) is 0 Å². The topological polar surface area (TPSA) is 17.1 Å². The monoisotopic (exact) mass is 187 g/mol. The van der Waals surface area contributed by atoms with E-state index in [9.17, 15) is 17.7 Å². The number of halogens is 3. The maximum atomic E-state index is 12.2. The highest BCUT2D eigenvalue weighted by Gasteiger charge is 2.25. The molecule has 0 bridgehead atoms. The highest BCUT2D eigenvalue weighted by atomic mass is 19.4. The summed E-state index contributed by atoms with van der Waals surface area (Å²) in [5.41, 5.74) is -0.635. The van der Waals surface area contributed by atoms with Gasteiger partial charge in [-0.1, -0.05) is 24.3 Å². The van der Waals surface area contributed by atoms with Gasteiger partial charge in [0.2, 0.25) is 0 Å². The standard InChI is InChI=1S/C8H7BF3O/c1-6(13)7-3-2-4-8(5-7)9(10,11)12/h2-5H,1H3/q-1. The van der Waals surface area contributed by atoms with E-state index >= 15 is 0 Å². The van der Waals surface area contributed by atoms with Gasteiger partial charge in [-0.05, 0) is 6.92 Å². The Balaban J connectivity index is 3.13. The zero-order valence-electron chi connectivity index (χ0n) is 6.93. The van der Waals surface area contributed by atoms with Gasteiger partial charge in [0, 0.05) is 5.56 Å². The van der Waals surface area contributed by atoms with Gasteiger partial charge in [-0.3, -0.25) is 4.79 Å². The van der Waals surface area contributed by atoms with E-state index in [0.717, 1.165) is 12.1 Å². The van der Waals surface area contributed by atoms with Gasteiger partial charge in [-0.2, -0.15) is 0 Å². The molecule has 0 aliphatic heterocycles. The number of carbonyl (C=O) groups is 1. The lowest BCUT2D eigenvalue weighted by atomic mass is 9.79. The van der Waals surface area contributed by atoms with Gasteiger partial charge in [0.25, 0.3) is 0 Å². The maximum Gasteiger partial charge on any atom is 0.509 e. The minimum absolute atomic E-state index is 0.0942. The highest BCUT2D eigenvalue weighted by molar-refractivity contribution is 6.73. The van der Waals surface area contributed by atoms with Crippen molar-refractivity contribution in [1.29, 1.82) is 0 Å². The molecule has 0 atom stereocenters. The maximum absolute atomic E-state index is 12.2. The van der Waals surface area contributed by atoms with Crippen molar-refractivity contribution in [3.8, 4) is 0 Å². The van der Waals surface area contributed by atoms with Crippen LogP contribution in [0.4, 0.5) is 12.9 Å². The molecule has 0 spiro atoms. The largest absolute Gasteiger partial charge is 0.509 e. The molecule has 0 fully saturated rings. The van der Waals surface area contributed by atoms with Crippen LogP contribution in [0.1, 0.15) is 17.3 Å². The van der Waals surface area contributed by atoms with E-state index in [1.165, 1.54) is 19.1 Å². The molecule has 0 unspecified atom stereocenters. The third kappa shape index (κ3) is 2.34. The van der Waals surface area contributed by atoms with Crippen LogP contribution >= 0.6 is 0 Å². The Kier molecular flexibility index (Phi) is 2.45. The summed E-state index contributed by atoms with van der Waals surface area (Å²) in [5, 5.41) is 0. The number of benzene rings is 1. The first-order valence-electron chi connectivity index (χ1n) is 3.72. The summed E-state index contributed by atoms with van der Waals surface area (Å²) in [7, 11) is 0. The number of rotatable bonds is 2. The van der Waals surface area contributed by atoms with Crippen LogP contribution in [-0.2, 0) is 0 Å². The van der Waals surface area contributed by atoms with Gasteiger partial charge in [-0.25, -0.2) is 0 Å². The van der Waals surface area contributed by atoms with Crippen LogP contribution in [0.5, 0.6) is 0 Å². The summed E-state index contributed by atoms with van der Waals surface area (Å²) in [5.74, 6) is -0.359. The second kappa shape index (κ2) is 3.24. The zero-order chi connectivity index (χ0) is 10.1. The van der Waals surface area contributed by atoms with Crippen molar-refractivity contribution in [3.05, 3.63) is 29.8 Å². The summed E-state index contributed by atoms with van der Waals surface area (Å²) < 4.78 is 36.5. The molecule has 1 aromatic carbocycles. The fourth-order valence-electron chi connectivity index (χ4n) is 0.961. The Morgan fingerprint density at radius 2 is 1.92 bits per heavy atom. The summed E-state index contributed by atoms with van der Waals surface area (Å²) in [6, 6.07) is 4.45. The lowest BCUT2D eigenvalue weighted by molar-refractivity contribution is 0.101. The van der Waals surface area contributed by atoms with E-state index in [4.69, 9.17) is 0 Å². The summed E-state index contributed by atoms with van der Waals surface area (Å²) >= 11 is 0. The molecule has 1 aromatic rings. The first kappa shape index (κ1) is 9.83. The second-order valence-corrected chi connectivity index (χ2v) is 2.76. The van der Waals surface area contributed by atoms with Crippen molar-refractivity contribution in [3.63, 3.8) is 0 Å². The number of carbonyl (C=O) groups excluding carboxylic acids is 1. The molecule has 0 saturated heterocycles. The molecule has 0 aliphatic carbocycles. The first-order chi connectivity index (χ1) is 5.91. The Hall–Kier alpha value is -1.26. The predicted molar refractivity (Wildman–Crippen MR) is 45.2 cm³/mol. The minimum atomic E-state index is -5.00. The molecule has 13 heavy (non-hydrogen) atoms. The quantitative estimate of drug-likeness (QED) is 0.510. The van der Waals surface area contributed by atoms with Crippen molar-refractivity contribution in [1.82, 2.24) is 0 Å². The average molecular weight is 187 g/mol. The van der Waals surface area contributed by atoms with Crippen molar-refractivity contribution < 1.29 is 17.7 Å². The van der Waals surface area contributed by atoms with Crippen molar-refractivity contribution in [2.24, 2.45) is 0 Å². The minimum Gasteiger partial charge on any atom is -0.445 e. The molecular weight excluding hydrogens is 180 g/mol. The summed E-state index contributed by atoms with van der Waals surface area (Å²) in [6.45, 7) is -3.77. The van der Waals surface area contributed by atoms with Gasteiger partial charge < -0.3 is 12.9 Å². The molecule has 0 radical (unpaired) electrons. The van der Waals surface area contributed by atoms with Gasteiger partial charge >= 0.3 is 6.98 Å². The zero-order valence-corrected chi connectivity index (χ0v) is 6.93. The lowest BCUT2D eigenvalue weighted by Gasteiger charge is -2.14. The number of hydrogen-bond acceptors (Lipinski definition) is 1. The van der Waals surface area contributed by atoms with Gasteiger partial charge in [-0.15, -0.1) is 5.46 Å². The van der Waals surface area contributed by atoms with E-state index in [1.807, 2.05) is 0 Å². The molecule has 1 rings (SSSR count). The first-order valence-corrected chi connectivity index (χ1v) is 3.72. The molecule has 0 amide bonds. The Labute approximate surface area is 73.6 Å². The molecule has 1 nitrogen and oxygen atoms in total. The third-order valence-electron chi connectivity index (χ3n) is 1.67. The lowest BCUT2D eigenvalue weighted by Crippen LogP contribution is -2.34. The molecule has 0 aliphatic rings. The SMILES string of the molecule is CC(=O)c1cccc([B-](F)(F)F)c1. The van der Waals surface area contributed by atoms with Crippen LogP contribution in [0.3, 0.4) is 0 Å². The second-order valence-electron chi connectivity index (χ2n) is 2.76. The fraction of sp³-hybridized carbons (Fsp3) is 0.125. The molecule has 0 N–H and O–H groups in total. The smallest absolute Gasteiger partial charge is 0.445 e. The van der Waals surface area contributed by atoms with Gasteiger partial charge in [0.05, 0.1) is 0 Å². The van der Waals surface area contributed by atoms with Crippen molar-refractivity contribution >= 4 is 18.2 Å². The molecule has 70 valence electrons. The number of Topliss-reactive ketones (excluding diaryl/α,β-unsaturated/α-hetero) is 1. The molecular formula is C8H7BF3O-. The van der Waals surface area contributed by atoms with E-state index in [-0.39, 0.29) is 11.3 Å². The Morgan fingerprint density at radius 1 is 1.31 bits per heavy atom. The van der Waals surface area contributed by atoms with Crippen molar-refractivity contribution in [2.45, 2.75) is 6.92 Å².